The summed E-state index contributed by atoms with van der Waals surface area (Å²) in [5.74, 6) is 0.603. The van der Waals surface area contributed by atoms with Gasteiger partial charge in [-0.1, -0.05) is 35.5 Å². The highest BCUT2D eigenvalue weighted by molar-refractivity contribution is 7.98. The van der Waals surface area contributed by atoms with E-state index in [0.717, 1.165) is 33.0 Å². The summed E-state index contributed by atoms with van der Waals surface area (Å²) in [5, 5.41) is 8.17. The predicted molar refractivity (Wildman–Crippen MR) is 138 cm³/mol. The number of rotatable bonds is 5. The molecule has 3 aromatic carbocycles. The van der Waals surface area contributed by atoms with Gasteiger partial charge in [-0.15, -0.1) is 11.8 Å². The monoisotopic (exact) mass is 488 g/mol. The number of aromatic nitrogens is 2. The van der Waals surface area contributed by atoms with Crippen molar-refractivity contribution < 1.29 is 8.91 Å². The third-order valence-corrected chi connectivity index (χ3v) is 6.75. The largest absolute Gasteiger partial charge is 0.351 e. The quantitative estimate of drug-likeness (QED) is 0.255. The van der Waals surface area contributed by atoms with Gasteiger partial charge in [-0.05, 0) is 79.5 Å². The molecule has 0 saturated heterocycles. The maximum Gasteiger partial charge on any atom is 0.258 e. The van der Waals surface area contributed by atoms with Crippen molar-refractivity contribution in [3.05, 3.63) is 102 Å². The average molecular weight is 489 g/mol. The van der Waals surface area contributed by atoms with E-state index in [9.17, 15) is 4.39 Å². The summed E-state index contributed by atoms with van der Waals surface area (Å²) in [6.07, 6.45) is 2.04. The van der Waals surface area contributed by atoms with Gasteiger partial charge >= 0.3 is 0 Å². The smallest absolute Gasteiger partial charge is 0.258 e. The van der Waals surface area contributed by atoms with E-state index < -0.39 is 0 Å². The average Bonchev–Trinajstić information content (AvgIpc) is 3.35. The van der Waals surface area contributed by atoms with E-state index in [-0.39, 0.29) is 11.9 Å². The third-order valence-electron chi connectivity index (χ3n) is 5.71. The number of anilines is 1. The first kappa shape index (κ1) is 22.3. The lowest BCUT2D eigenvalue weighted by atomic mass is 9.94. The van der Waals surface area contributed by atoms with Crippen LogP contribution in [0.2, 0.25) is 0 Å². The molecule has 8 heteroatoms. The summed E-state index contributed by atoms with van der Waals surface area (Å²) >= 11 is 7.40. The Morgan fingerprint density at radius 3 is 2.38 bits per heavy atom. The van der Waals surface area contributed by atoms with Crippen LogP contribution in [-0.2, 0) is 0 Å². The van der Waals surface area contributed by atoms with Crippen LogP contribution >= 0.6 is 24.0 Å². The predicted octanol–water partition coefficient (Wildman–Crippen LogP) is 6.46. The molecule has 0 saturated carbocycles. The highest BCUT2D eigenvalue weighted by Crippen LogP contribution is 2.39. The lowest BCUT2D eigenvalue weighted by molar-refractivity contribution is 0.404. The van der Waals surface area contributed by atoms with E-state index in [2.05, 4.69) is 10.5 Å². The Morgan fingerprint density at radius 2 is 1.71 bits per heavy atom. The van der Waals surface area contributed by atoms with Gasteiger partial charge in [0.1, 0.15) is 5.82 Å². The van der Waals surface area contributed by atoms with Crippen molar-refractivity contribution in [1.29, 1.82) is 0 Å². The molecule has 0 bridgehead atoms. The standard InChI is InChI=1S/C26H21FN4OS2/c1-16-22(25-29-24(30-32-25)18-8-14-21(34-2)15-9-18)23(17-6-4-3-5-7-17)28-26(33)31(16)20-12-10-19(27)11-13-20/h3-15,23H,1-2H3,(H,28,33). The van der Waals surface area contributed by atoms with Crippen LogP contribution in [0.5, 0.6) is 0 Å². The molecule has 1 N–H and O–H groups in total. The van der Waals surface area contributed by atoms with Crippen molar-refractivity contribution in [2.45, 2.75) is 17.9 Å². The minimum absolute atomic E-state index is 0.280. The molecule has 4 aromatic rings. The molecule has 170 valence electrons. The molecule has 0 fully saturated rings. The molecule has 0 spiro atoms. The van der Waals surface area contributed by atoms with Crippen LogP contribution in [0.3, 0.4) is 0 Å². The number of nitrogens with one attached hydrogen (secondary N) is 1. The van der Waals surface area contributed by atoms with Crippen molar-refractivity contribution in [3.63, 3.8) is 0 Å². The van der Waals surface area contributed by atoms with E-state index >= 15 is 0 Å². The van der Waals surface area contributed by atoms with Crippen LogP contribution in [0.4, 0.5) is 10.1 Å². The molecular weight excluding hydrogens is 467 g/mol. The van der Waals surface area contributed by atoms with Gasteiger partial charge in [0.2, 0.25) is 5.82 Å². The number of nitrogens with zero attached hydrogens (tertiary/aromatic N) is 3. The van der Waals surface area contributed by atoms with E-state index in [1.54, 1.807) is 23.9 Å². The Kier molecular flexibility index (Phi) is 6.17. The SMILES string of the molecule is CSc1ccc(-c2noc(C3=C(C)N(c4ccc(F)cc4)C(=S)NC3c3ccccc3)n2)cc1. The first-order valence-corrected chi connectivity index (χ1v) is 12.3. The molecule has 1 atom stereocenters. The summed E-state index contributed by atoms with van der Waals surface area (Å²) < 4.78 is 19.4. The molecule has 5 rings (SSSR count). The minimum atomic E-state index is -0.308. The zero-order valence-electron chi connectivity index (χ0n) is 18.5. The zero-order valence-corrected chi connectivity index (χ0v) is 20.2. The Morgan fingerprint density at radius 1 is 1.00 bits per heavy atom. The number of hydrogen-bond acceptors (Lipinski definition) is 5. The van der Waals surface area contributed by atoms with Gasteiger partial charge in [0, 0.05) is 21.8 Å². The lowest BCUT2D eigenvalue weighted by Crippen LogP contribution is -2.46. The van der Waals surface area contributed by atoms with E-state index in [1.807, 2.05) is 72.7 Å². The summed E-state index contributed by atoms with van der Waals surface area (Å²) in [7, 11) is 0. The third kappa shape index (κ3) is 4.22. The second-order valence-electron chi connectivity index (χ2n) is 7.76. The van der Waals surface area contributed by atoms with Crippen molar-refractivity contribution >= 4 is 40.4 Å². The Bertz CT molecular complexity index is 1350. The normalized spacial score (nSPS) is 16.0. The molecular formula is C26H21FN4OS2. The topological polar surface area (TPSA) is 54.2 Å². The van der Waals surface area contributed by atoms with Crippen LogP contribution in [0, 0.1) is 5.82 Å². The second-order valence-corrected chi connectivity index (χ2v) is 9.02. The molecule has 1 aliphatic heterocycles. The fourth-order valence-corrected chi connectivity index (χ4v) is 4.78. The molecule has 0 aliphatic carbocycles. The maximum atomic E-state index is 13.6. The van der Waals surface area contributed by atoms with Gasteiger partial charge in [-0.2, -0.15) is 4.98 Å². The van der Waals surface area contributed by atoms with Gasteiger partial charge in [-0.3, -0.25) is 4.90 Å². The van der Waals surface area contributed by atoms with Gasteiger partial charge < -0.3 is 9.84 Å². The zero-order chi connectivity index (χ0) is 23.7. The van der Waals surface area contributed by atoms with E-state index in [4.69, 9.17) is 21.7 Å². The number of thioether (sulfide) groups is 1. The second kappa shape index (κ2) is 9.40. The molecule has 1 aliphatic rings. The molecule has 2 heterocycles. The first-order valence-electron chi connectivity index (χ1n) is 10.7. The summed E-state index contributed by atoms with van der Waals surface area (Å²) in [4.78, 5) is 7.76. The van der Waals surface area contributed by atoms with E-state index in [0.29, 0.717) is 16.8 Å². The molecule has 0 amide bonds. The Labute approximate surface area is 206 Å². The summed E-state index contributed by atoms with van der Waals surface area (Å²) in [6, 6.07) is 23.9. The van der Waals surface area contributed by atoms with Crippen molar-refractivity contribution in [1.82, 2.24) is 15.5 Å². The van der Waals surface area contributed by atoms with Crippen LogP contribution in [-0.4, -0.2) is 21.5 Å². The lowest BCUT2D eigenvalue weighted by Gasteiger charge is -2.37. The van der Waals surface area contributed by atoms with Crippen LogP contribution in [0.15, 0.2) is 94.0 Å². The number of benzene rings is 3. The Balaban J connectivity index is 1.62. The van der Waals surface area contributed by atoms with Gasteiger partial charge in [0.15, 0.2) is 5.11 Å². The van der Waals surface area contributed by atoms with Crippen LogP contribution in [0.1, 0.15) is 24.4 Å². The number of halogens is 1. The first-order chi connectivity index (χ1) is 16.5. The summed E-state index contributed by atoms with van der Waals surface area (Å²) in [6.45, 7) is 1.96. The van der Waals surface area contributed by atoms with Crippen molar-refractivity contribution in [2.24, 2.45) is 0 Å². The molecule has 1 unspecified atom stereocenters. The molecule has 5 nitrogen and oxygen atoms in total. The molecule has 0 radical (unpaired) electrons. The van der Waals surface area contributed by atoms with Crippen molar-refractivity contribution in [2.75, 3.05) is 11.2 Å². The fourth-order valence-electron chi connectivity index (χ4n) is 4.01. The van der Waals surface area contributed by atoms with Gasteiger partial charge in [0.25, 0.3) is 5.89 Å². The minimum Gasteiger partial charge on any atom is -0.351 e. The highest BCUT2D eigenvalue weighted by atomic mass is 32.2. The number of hydrogen-bond donors (Lipinski definition) is 1. The van der Waals surface area contributed by atoms with E-state index in [1.165, 1.54) is 12.1 Å². The summed E-state index contributed by atoms with van der Waals surface area (Å²) in [5.41, 5.74) is 4.27. The fraction of sp³-hybridized carbons (Fsp3) is 0.115. The number of thiocarbonyl (C=S) groups is 1. The van der Waals surface area contributed by atoms with Crippen LogP contribution < -0.4 is 10.2 Å². The van der Waals surface area contributed by atoms with Crippen LogP contribution in [0.25, 0.3) is 17.0 Å². The number of allylic oxidation sites excluding steroid dienone is 1. The molecule has 34 heavy (non-hydrogen) atoms. The van der Waals surface area contributed by atoms with Gasteiger partial charge in [0.05, 0.1) is 11.6 Å². The van der Waals surface area contributed by atoms with Crippen molar-refractivity contribution in [3.8, 4) is 11.4 Å². The Hall–Kier alpha value is -3.49. The van der Waals surface area contributed by atoms with Gasteiger partial charge in [-0.25, -0.2) is 4.39 Å². The maximum absolute atomic E-state index is 13.6. The highest BCUT2D eigenvalue weighted by Gasteiger charge is 2.34. The molecule has 1 aromatic heterocycles.